The summed E-state index contributed by atoms with van der Waals surface area (Å²) in [6.07, 6.45) is 17.2. The van der Waals surface area contributed by atoms with Gasteiger partial charge in [0.05, 0.1) is 11.7 Å². The highest BCUT2D eigenvalue weighted by Gasteiger charge is 2.36. The van der Waals surface area contributed by atoms with Gasteiger partial charge in [0.1, 0.15) is 5.69 Å². The minimum atomic E-state index is -0.0750. The van der Waals surface area contributed by atoms with Crippen LogP contribution < -0.4 is 5.32 Å². The molecule has 4 nitrogen and oxygen atoms in total. The third-order valence-corrected chi connectivity index (χ3v) is 4.22. The number of carbonyl (C=O) groups is 1. The second kappa shape index (κ2) is 4.88. The first-order valence-electron chi connectivity index (χ1n) is 7.47. The molecule has 0 bridgehead atoms. The van der Waals surface area contributed by atoms with Crippen LogP contribution in [0.2, 0.25) is 0 Å². The molecule has 2 heterocycles. The first-order chi connectivity index (χ1) is 10.3. The van der Waals surface area contributed by atoms with Crippen molar-refractivity contribution >= 4 is 11.5 Å². The van der Waals surface area contributed by atoms with Gasteiger partial charge in [-0.25, -0.2) is 0 Å². The number of nitrogens with zero attached hydrogens (tertiary/aromatic N) is 1. The summed E-state index contributed by atoms with van der Waals surface area (Å²) in [7, 11) is 0. The molecule has 1 aromatic rings. The Labute approximate surface area is 123 Å². The Morgan fingerprint density at radius 2 is 1.86 bits per heavy atom. The Balaban J connectivity index is 1.80. The van der Waals surface area contributed by atoms with Crippen molar-refractivity contribution in [1.82, 2.24) is 15.5 Å². The minimum absolute atomic E-state index is 0.0611. The van der Waals surface area contributed by atoms with Gasteiger partial charge in [0.2, 0.25) is 0 Å². The first-order valence-corrected chi connectivity index (χ1v) is 7.47. The summed E-state index contributed by atoms with van der Waals surface area (Å²) in [5.74, 6) is -0.0611. The summed E-state index contributed by atoms with van der Waals surface area (Å²) in [5.41, 5.74) is 4.78. The zero-order valence-electron chi connectivity index (χ0n) is 11.7. The van der Waals surface area contributed by atoms with E-state index in [1.54, 1.807) is 0 Å². The number of carbonyl (C=O) groups excluding carboxylic acids is 1. The van der Waals surface area contributed by atoms with Gasteiger partial charge in [-0.15, -0.1) is 0 Å². The number of H-pyrrole nitrogens is 1. The van der Waals surface area contributed by atoms with Gasteiger partial charge in [-0.1, -0.05) is 36.5 Å². The largest absolute Gasteiger partial charge is 0.340 e. The average molecular weight is 279 g/mol. The number of amides is 1. The third-order valence-electron chi connectivity index (χ3n) is 4.22. The van der Waals surface area contributed by atoms with Crippen LogP contribution in [0.4, 0.5) is 0 Å². The van der Waals surface area contributed by atoms with Gasteiger partial charge in [0, 0.05) is 5.56 Å². The Bertz CT molecular complexity index is 718. The first kappa shape index (κ1) is 12.4. The van der Waals surface area contributed by atoms with Crippen LogP contribution in [0.3, 0.4) is 0 Å². The van der Waals surface area contributed by atoms with Gasteiger partial charge in [0.15, 0.2) is 0 Å². The molecule has 0 spiro atoms. The third kappa shape index (κ3) is 1.98. The monoisotopic (exact) mass is 279 g/mol. The summed E-state index contributed by atoms with van der Waals surface area (Å²) >= 11 is 0. The van der Waals surface area contributed by atoms with E-state index in [2.05, 4.69) is 52.0 Å². The van der Waals surface area contributed by atoms with Crippen LogP contribution in [0.25, 0.3) is 5.57 Å². The molecule has 0 radical (unpaired) electrons. The molecule has 2 N–H and O–H groups in total. The molecule has 1 aromatic heterocycles. The number of allylic oxidation sites excluding steroid dienone is 6. The predicted octanol–water partition coefficient (Wildman–Crippen LogP) is 3.20. The predicted molar refractivity (Wildman–Crippen MR) is 81.6 cm³/mol. The summed E-state index contributed by atoms with van der Waals surface area (Å²) in [6.45, 7) is 0. The molecule has 21 heavy (non-hydrogen) atoms. The molecule has 1 atom stereocenters. The fourth-order valence-electron chi connectivity index (χ4n) is 3.19. The quantitative estimate of drug-likeness (QED) is 0.873. The number of aromatic amines is 1. The molecule has 4 rings (SSSR count). The molecular formula is C17H17N3O. The van der Waals surface area contributed by atoms with Crippen LogP contribution in [0.15, 0.2) is 42.0 Å². The molecule has 0 saturated carbocycles. The zero-order chi connectivity index (χ0) is 14.2. The molecular weight excluding hydrogens is 262 g/mol. The van der Waals surface area contributed by atoms with E-state index in [1.807, 2.05) is 0 Å². The Kier molecular flexibility index (Phi) is 2.88. The van der Waals surface area contributed by atoms with E-state index < -0.39 is 0 Å². The highest BCUT2D eigenvalue weighted by molar-refractivity contribution is 6.00. The molecule has 1 unspecified atom stereocenters. The number of nitrogens with one attached hydrogen (secondary N) is 2. The highest BCUT2D eigenvalue weighted by Crippen LogP contribution is 2.37. The van der Waals surface area contributed by atoms with Gasteiger partial charge in [0.25, 0.3) is 5.91 Å². The summed E-state index contributed by atoms with van der Waals surface area (Å²) < 4.78 is 0. The van der Waals surface area contributed by atoms with Gasteiger partial charge >= 0.3 is 0 Å². The normalized spacial score (nSPS) is 23.6. The van der Waals surface area contributed by atoms with Crippen molar-refractivity contribution < 1.29 is 4.79 Å². The van der Waals surface area contributed by atoms with Crippen molar-refractivity contribution in [2.24, 2.45) is 0 Å². The van der Waals surface area contributed by atoms with Gasteiger partial charge in [-0.3, -0.25) is 9.89 Å². The van der Waals surface area contributed by atoms with Crippen LogP contribution in [0, 0.1) is 0 Å². The van der Waals surface area contributed by atoms with Crippen molar-refractivity contribution in [3.8, 4) is 0 Å². The number of fused-ring (bicyclic) bond motifs is 1. The fraction of sp³-hybridized carbons (Fsp3) is 0.294. The van der Waals surface area contributed by atoms with E-state index in [0.29, 0.717) is 5.69 Å². The zero-order valence-corrected chi connectivity index (χ0v) is 11.7. The lowest BCUT2D eigenvalue weighted by molar-refractivity contribution is 0.0955. The van der Waals surface area contributed by atoms with Crippen molar-refractivity contribution in [2.75, 3.05) is 0 Å². The smallest absolute Gasteiger partial charge is 0.270 e. The molecule has 106 valence electrons. The summed E-state index contributed by atoms with van der Waals surface area (Å²) in [4.78, 5) is 12.1. The number of hydrogen-bond donors (Lipinski definition) is 2. The minimum Gasteiger partial charge on any atom is -0.340 e. The number of rotatable bonds is 2. The lowest BCUT2D eigenvalue weighted by atomic mass is 9.92. The second-order valence-electron chi connectivity index (χ2n) is 5.59. The van der Waals surface area contributed by atoms with Gasteiger partial charge < -0.3 is 5.32 Å². The Morgan fingerprint density at radius 1 is 1.05 bits per heavy atom. The summed E-state index contributed by atoms with van der Waals surface area (Å²) in [6, 6.07) is -0.0750. The molecule has 3 aliphatic rings. The lowest BCUT2D eigenvalue weighted by Crippen LogP contribution is -2.22. The highest BCUT2D eigenvalue weighted by atomic mass is 16.2. The lowest BCUT2D eigenvalue weighted by Gasteiger charge is -2.17. The molecule has 0 fully saturated rings. The van der Waals surface area contributed by atoms with Crippen molar-refractivity contribution in [3.05, 3.63) is 59.0 Å². The molecule has 1 aliphatic heterocycles. The second-order valence-corrected chi connectivity index (χ2v) is 5.59. The van der Waals surface area contributed by atoms with E-state index >= 15 is 0 Å². The van der Waals surface area contributed by atoms with E-state index in [4.69, 9.17) is 0 Å². The number of aromatic nitrogens is 2. The fourth-order valence-corrected chi connectivity index (χ4v) is 3.19. The van der Waals surface area contributed by atoms with Crippen LogP contribution >= 0.6 is 0 Å². The average Bonchev–Trinajstić information content (AvgIpc) is 3.11. The maximum atomic E-state index is 12.1. The van der Waals surface area contributed by atoms with Crippen LogP contribution in [0.1, 0.15) is 53.5 Å². The standard InChI is InChI=1S/C17H17N3O/c21-17-16-13(14(18-17)11-7-3-1-4-8-11)15(19-20-16)12-9-5-2-6-10-12/h3,5,7-10,14H,1-2,4,6H2,(H,18,21)(H,19,20). The van der Waals surface area contributed by atoms with Crippen LogP contribution in [-0.2, 0) is 0 Å². The number of hydrogen-bond acceptors (Lipinski definition) is 2. The summed E-state index contributed by atoms with van der Waals surface area (Å²) in [5, 5.41) is 10.4. The van der Waals surface area contributed by atoms with E-state index in [0.717, 1.165) is 48.1 Å². The maximum Gasteiger partial charge on any atom is 0.270 e. The van der Waals surface area contributed by atoms with Crippen molar-refractivity contribution in [3.63, 3.8) is 0 Å². The van der Waals surface area contributed by atoms with Crippen LogP contribution in [-0.4, -0.2) is 16.1 Å². The van der Waals surface area contributed by atoms with Gasteiger partial charge in [-0.2, -0.15) is 5.10 Å². The molecule has 1 amide bonds. The molecule has 0 aromatic carbocycles. The Hall–Kier alpha value is -2.36. The van der Waals surface area contributed by atoms with E-state index in [9.17, 15) is 4.79 Å². The van der Waals surface area contributed by atoms with E-state index in [-0.39, 0.29) is 11.9 Å². The molecule has 2 aliphatic carbocycles. The maximum absolute atomic E-state index is 12.1. The van der Waals surface area contributed by atoms with Gasteiger partial charge in [-0.05, 0) is 36.8 Å². The van der Waals surface area contributed by atoms with Crippen molar-refractivity contribution in [1.29, 1.82) is 0 Å². The van der Waals surface area contributed by atoms with Crippen molar-refractivity contribution in [2.45, 2.75) is 31.7 Å². The van der Waals surface area contributed by atoms with Crippen LogP contribution in [0.5, 0.6) is 0 Å². The topological polar surface area (TPSA) is 57.8 Å². The van der Waals surface area contributed by atoms with E-state index in [1.165, 1.54) is 0 Å². The molecule has 4 heteroatoms. The molecule has 0 saturated heterocycles. The SMILES string of the molecule is O=C1NC(C2=CCCC=C2)c2c(C3=CCCC=C3)n[nH]c21. The Morgan fingerprint density at radius 3 is 2.57 bits per heavy atom.